The lowest BCUT2D eigenvalue weighted by atomic mass is 10.0. The van der Waals surface area contributed by atoms with Crippen LogP contribution in [0.5, 0.6) is 0 Å². The van der Waals surface area contributed by atoms with E-state index in [9.17, 15) is 4.39 Å². The molecule has 188 valence electrons. The van der Waals surface area contributed by atoms with Gasteiger partial charge in [0.15, 0.2) is 5.84 Å². The molecule has 3 heterocycles. The minimum Gasteiger partial charge on any atom is -0.352 e. The summed E-state index contributed by atoms with van der Waals surface area (Å²) in [6.07, 6.45) is 1.95. The van der Waals surface area contributed by atoms with E-state index in [-0.39, 0.29) is 30.6 Å². The minimum absolute atomic E-state index is 0. The number of amidine groups is 1. The van der Waals surface area contributed by atoms with E-state index in [2.05, 4.69) is 48.1 Å². The molecule has 1 aromatic heterocycles. The number of benzene rings is 2. The van der Waals surface area contributed by atoms with Crippen LogP contribution in [-0.4, -0.2) is 53.3 Å². The van der Waals surface area contributed by atoms with Crippen LogP contribution in [0.3, 0.4) is 0 Å². The fourth-order valence-corrected chi connectivity index (χ4v) is 5.42. The van der Waals surface area contributed by atoms with Crippen molar-refractivity contribution in [3.63, 3.8) is 0 Å². The Balaban J connectivity index is 0.00000171. The van der Waals surface area contributed by atoms with Gasteiger partial charge >= 0.3 is 0 Å². The van der Waals surface area contributed by atoms with Crippen LogP contribution in [0, 0.1) is 5.82 Å². The van der Waals surface area contributed by atoms with E-state index in [1.165, 1.54) is 5.56 Å². The molecule has 0 bridgehead atoms. The van der Waals surface area contributed by atoms with Crippen LogP contribution in [0.25, 0.3) is 0 Å². The second-order valence-electron chi connectivity index (χ2n) is 9.21. The number of rotatable bonds is 4. The van der Waals surface area contributed by atoms with Crippen molar-refractivity contribution in [1.29, 1.82) is 0 Å². The SMILES string of the molecule is CC(C)c1nc2c(s1)Nc1ccccc1N=C2N1CCN(C)[C@@H](CCc2ccc(F)cc2)C1.Cl.Cl. The number of hydrogen-bond donors (Lipinski definition) is 1. The Morgan fingerprint density at radius 1 is 1.09 bits per heavy atom. The van der Waals surface area contributed by atoms with E-state index >= 15 is 0 Å². The Morgan fingerprint density at radius 3 is 2.57 bits per heavy atom. The van der Waals surface area contributed by atoms with Crippen LogP contribution in [-0.2, 0) is 6.42 Å². The number of piperazine rings is 1. The van der Waals surface area contributed by atoms with Crippen LogP contribution >= 0.6 is 36.2 Å². The molecule has 1 atom stereocenters. The third-order valence-electron chi connectivity index (χ3n) is 6.48. The molecule has 0 aliphatic carbocycles. The van der Waals surface area contributed by atoms with Crippen molar-refractivity contribution >= 4 is 58.4 Å². The summed E-state index contributed by atoms with van der Waals surface area (Å²) in [5, 5.41) is 5.79. The molecule has 1 fully saturated rings. The zero-order chi connectivity index (χ0) is 22.9. The molecule has 9 heteroatoms. The summed E-state index contributed by atoms with van der Waals surface area (Å²) in [6, 6.07) is 15.5. The number of nitrogens with one attached hydrogen (secondary N) is 1. The molecule has 2 aromatic carbocycles. The van der Waals surface area contributed by atoms with Crippen LogP contribution in [0.1, 0.15) is 42.5 Å². The van der Waals surface area contributed by atoms with Crippen molar-refractivity contribution in [1.82, 2.24) is 14.8 Å². The van der Waals surface area contributed by atoms with Crippen molar-refractivity contribution in [3.8, 4) is 0 Å². The molecule has 0 spiro atoms. The molecule has 0 unspecified atom stereocenters. The fraction of sp³-hybridized carbons (Fsp3) is 0.385. The van der Waals surface area contributed by atoms with Crippen molar-refractivity contribution in [2.75, 3.05) is 32.0 Å². The van der Waals surface area contributed by atoms with Crippen molar-refractivity contribution in [3.05, 3.63) is 70.6 Å². The molecule has 5 nitrogen and oxygen atoms in total. The molecule has 2 aliphatic rings. The maximum atomic E-state index is 13.3. The summed E-state index contributed by atoms with van der Waals surface area (Å²) in [4.78, 5) is 15.0. The first-order valence-corrected chi connectivity index (χ1v) is 12.4. The van der Waals surface area contributed by atoms with Gasteiger partial charge < -0.3 is 10.2 Å². The second-order valence-corrected chi connectivity index (χ2v) is 10.2. The number of aryl methyl sites for hydroxylation is 1. The Labute approximate surface area is 223 Å². The predicted octanol–water partition coefficient (Wildman–Crippen LogP) is 6.63. The van der Waals surface area contributed by atoms with Crippen LogP contribution in [0.2, 0.25) is 0 Å². The average Bonchev–Trinajstić information content (AvgIpc) is 3.16. The number of thiazole rings is 1. The van der Waals surface area contributed by atoms with Gasteiger partial charge in [-0.3, -0.25) is 4.90 Å². The maximum Gasteiger partial charge on any atom is 0.158 e. The second kappa shape index (κ2) is 11.7. The first-order chi connectivity index (χ1) is 16.0. The van der Waals surface area contributed by atoms with Gasteiger partial charge in [-0.2, -0.15) is 0 Å². The predicted molar refractivity (Wildman–Crippen MR) is 149 cm³/mol. The highest BCUT2D eigenvalue weighted by Gasteiger charge is 2.31. The standard InChI is InChI=1S/C26H30FN5S.2ClH/c1-17(2)25-30-23-24(28-21-6-4-5-7-22(21)29-26(23)33-25)32-15-14-31(3)20(16-32)13-10-18-8-11-19(27)12-9-18;;/h4-9,11-12,17,20,29H,10,13-16H2,1-3H3;2*1H/t20-;;/m0../s1. The maximum absolute atomic E-state index is 13.3. The Hall–Kier alpha value is -2.19. The van der Waals surface area contributed by atoms with Gasteiger partial charge in [0.05, 0.1) is 16.4 Å². The molecule has 1 saturated heterocycles. The van der Waals surface area contributed by atoms with Gasteiger partial charge in [0.25, 0.3) is 0 Å². The summed E-state index contributed by atoms with van der Waals surface area (Å²) >= 11 is 1.73. The Bertz CT molecular complexity index is 1160. The number of nitrogens with zero attached hydrogens (tertiary/aromatic N) is 4. The first kappa shape index (κ1) is 27.4. The van der Waals surface area contributed by atoms with E-state index in [4.69, 9.17) is 9.98 Å². The number of para-hydroxylation sites is 2. The van der Waals surface area contributed by atoms with Crippen molar-refractivity contribution in [2.45, 2.75) is 38.6 Å². The quantitative estimate of drug-likeness (QED) is 0.407. The monoisotopic (exact) mass is 535 g/mol. The lowest BCUT2D eigenvalue weighted by molar-refractivity contribution is 0.134. The number of aliphatic imine (C=N–C) groups is 1. The largest absolute Gasteiger partial charge is 0.352 e. The van der Waals surface area contributed by atoms with Gasteiger partial charge in [0, 0.05) is 31.6 Å². The topological polar surface area (TPSA) is 43.8 Å². The highest BCUT2D eigenvalue weighted by atomic mass is 35.5. The number of hydrogen-bond acceptors (Lipinski definition) is 6. The van der Waals surface area contributed by atoms with E-state index in [0.29, 0.717) is 12.0 Å². The minimum atomic E-state index is -0.181. The zero-order valence-electron chi connectivity index (χ0n) is 20.2. The number of aromatic nitrogens is 1. The summed E-state index contributed by atoms with van der Waals surface area (Å²) < 4.78 is 13.3. The van der Waals surface area contributed by atoms with Crippen LogP contribution in [0.4, 0.5) is 20.8 Å². The molecular formula is C26H32Cl2FN5S. The summed E-state index contributed by atoms with van der Waals surface area (Å²) in [7, 11) is 2.20. The molecule has 2 aliphatic heterocycles. The van der Waals surface area contributed by atoms with Gasteiger partial charge in [0.2, 0.25) is 0 Å². The molecule has 0 radical (unpaired) electrons. The van der Waals surface area contributed by atoms with E-state index in [1.807, 2.05) is 24.3 Å². The average molecular weight is 537 g/mol. The molecule has 3 aromatic rings. The number of fused-ring (bicyclic) bond motifs is 2. The van der Waals surface area contributed by atoms with Crippen LogP contribution < -0.4 is 5.32 Å². The van der Waals surface area contributed by atoms with Gasteiger partial charge in [-0.25, -0.2) is 14.4 Å². The number of anilines is 2. The van der Waals surface area contributed by atoms with E-state index < -0.39 is 0 Å². The molecule has 0 saturated carbocycles. The molecule has 5 rings (SSSR count). The van der Waals surface area contributed by atoms with Crippen LogP contribution in [0.15, 0.2) is 53.5 Å². The van der Waals surface area contributed by atoms with Gasteiger partial charge in [-0.1, -0.05) is 38.1 Å². The Kier molecular flexibility index (Phi) is 9.16. The van der Waals surface area contributed by atoms with Gasteiger partial charge in [-0.05, 0) is 49.7 Å². The van der Waals surface area contributed by atoms with Crippen molar-refractivity contribution < 1.29 is 4.39 Å². The van der Waals surface area contributed by atoms with Crippen molar-refractivity contribution in [2.24, 2.45) is 4.99 Å². The third-order valence-corrected chi connectivity index (χ3v) is 7.76. The molecule has 35 heavy (non-hydrogen) atoms. The number of halogens is 3. The highest BCUT2D eigenvalue weighted by molar-refractivity contribution is 7.16. The van der Waals surface area contributed by atoms with E-state index in [1.54, 1.807) is 23.5 Å². The highest BCUT2D eigenvalue weighted by Crippen LogP contribution is 2.39. The van der Waals surface area contributed by atoms with E-state index in [0.717, 1.165) is 65.4 Å². The lowest BCUT2D eigenvalue weighted by Gasteiger charge is -2.40. The third kappa shape index (κ3) is 5.97. The fourth-order valence-electron chi connectivity index (χ4n) is 4.44. The molecular weight excluding hydrogens is 504 g/mol. The molecule has 0 amide bonds. The lowest BCUT2D eigenvalue weighted by Crippen LogP contribution is -2.53. The first-order valence-electron chi connectivity index (χ1n) is 11.6. The summed E-state index contributed by atoms with van der Waals surface area (Å²) in [5.74, 6) is 1.15. The normalized spacial score (nSPS) is 17.3. The molecule has 1 N–H and O–H groups in total. The number of likely N-dealkylation sites (N-methyl/N-ethyl adjacent to an activating group) is 1. The zero-order valence-corrected chi connectivity index (χ0v) is 22.7. The smallest absolute Gasteiger partial charge is 0.158 e. The summed E-state index contributed by atoms with van der Waals surface area (Å²) in [5.41, 5.74) is 4.11. The summed E-state index contributed by atoms with van der Waals surface area (Å²) in [6.45, 7) is 7.15. The van der Waals surface area contributed by atoms with Gasteiger partial charge in [-0.15, -0.1) is 36.2 Å². The van der Waals surface area contributed by atoms with Gasteiger partial charge in [0.1, 0.15) is 16.5 Å². The Morgan fingerprint density at radius 2 is 1.83 bits per heavy atom.